The van der Waals surface area contributed by atoms with Crippen molar-refractivity contribution in [2.45, 2.75) is 32.3 Å². The van der Waals surface area contributed by atoms with Crippen LogP contribution in [-0.2, 0) is 4.74 Å². The molecule has 0 radical (unpaired) electrons. The van der Waals surface area contributed by atoms with Gasteiger partial charge < -0.3 is 10.1 Å². The molecule has 104 valence electrons. The van der Waals surface area contributed by atoms with Crippen LogP contribution in [0.15, 0.2) is 18.2 Å². The number of anilines is 1. The third kappa shape index (κ3) is 3.67. The second-order valence-corrected chi connectivity index (χ2v) is 5.72. The average molecular weight is 266 g/mol. The SMILES string of the molecule is CC(C)(C)OC(=O)Nc1ccc(C2CNC2)c(F)c1. The van der Waals surface area contributed by atoms with Gasteiger partial charge in [-0.2, -0.15) is 0 Å². The van der Waals surface area contributed by atoms with Gasteiger partial charge in [-0.3, -0.25) is 5.32 Å². The maximum Gasteiger partial charge on any atom is 0.412 e. The molecule has 0 aliphatic carbocycles. The zero-order valence-electron chi connectivity index (χ0n) is 11.4. The predicted octanol–water partition coefficient (Wildman–Crippen LogP) is 2.86. The molecule has 2 N–H and O–H groups in total. The molecule has 5 heteroatoms. The first-order valence-electron chi connectivity index (χ1n) is 6.35. The number of carbonyl (C=O) groups excluding carboxylic acids is 1. The van der Waals surface area contributed by atoms with Gasteiger partial charge in [0.15, 0.2) is 0 Å². The summed E-state index contributed by atoms with van der Waals surface area (Å²) in [4.78, 5) is 11.6. The van der Waals surface area contributed by atoms with Crippen molar-refractivity contribution in [3.63, 3.8) is 0 Å². The number of benzene rings is 1. The van der Waals surface area contributed by atoms with Gasteiger partial charge in [-0.15, -0.1) is 0 Å². The summed E-state index contributed by atoms with van der Waals surface area (Å²) in [6.07, 6.45) is -0.579. The molecule has 1 aliphatic rings. The molecule has 1 aromatic carbocycles. The Balaban J connectivity index is 2.01. The molecule has 1 aromatic rings. The van der Waals surface area contributed by atoms with E-state index in [-0.39, 0.29) is 11.7 Å². The molecule has 2 rings (SSSR count). The average Bonchev–Trinajstić information content (AvgIpc) is 2.16. The molecule has 1 saturated heterocycles. The molecule has 1 amide bonds. The normalized spacial score (nSPS) is 15.8. The van der Waals surface area contributed by atoms with Gasteiger partial charge in [-0.05, 0) is 38.5 Å². The minimum atomic E-state index is -0.579. The highest BCUT2D eigenvalue weighted by Gasteiger charge is 2.22. The highest BCUT2D eigenvalue weighted by molar-refractivity contribution is 5.84. The van der Waals surface area contributed by atoms with E-state index in [4.69, 9.17) is 4.74 Å². The van der Waals surface area contributed by atoms with Gasteiger partial charge in [0.1, 0.15) is 11.4 Å². The lowest BCUT2D eigenvalue weighted by atomic mass is 9.93. The number of halogens is 1. The zero-order valence-corrected chi connectivity index (χ0v) is 11.4. The Hall–Kier alpha value is -1.62. The van der Waals surface area contributed by atoms with Crippen molar-refractivity contribution in [2.24, 2.45) is 0 Å². The van der Waals surface area contributed by atoms with Crippen LogP contribution in [0.25, 0.3) is 0 Å². The number of nitrogens with one attached hydrogen (secondary N) is 2. The van der Waals surface area contributed by atoms with E-state index in [2.05, 4.69) is 10.6 Å². The van der Waals surface area contributed by atoms with Crippen LogP contribution >= 0.6 is 0 Å². The number of hydrogen-bond donors (Lipinski definition) is 2. The largest absolute Gasteiger partial charge is 0.444 e. The fourth-order valence-electron chi connectivity index (χ4n) is 1.87. The summed E-state index contributed by atoms with van der Waals surface area (Å²) in [5.41, 5.74) is 0.524. The summed E-state index contributed by atoms with van der Waals surface area (Å²) in [5, 5.41) is 5.63. The van der Waals surface area contributed by atoms with E-state index >= 15 is 0 Å². The Labute approximate surface area is 112 Å². The number of amides is 1. The van der Waals surface area contributed by atoms with Crippen molar-refractivity contribution < 1.29 is 13.9 Å². The molecule has 0 bridgehead atoms. The molecule has 0 unspecified atom stereocenters. The molecule has 19 heavy (non-hydrogen) atoms. The first-order chi connectivity index (χ1) is 8.85. The van der Waals surface area contributed by atoms with E-state index in [1.807, 2.05) is 0 Å². The maximum atomic E-state index is 13.9. The second kappa shape index (κ2) is 5.17. The van der Waals surface area contributed by atoms with Crippen LogP contribution in [-0.4, -0.2) is 24.8 Å². The van der Waals surface area contributed by atoms with Gasteiger partial charge in [0.25, 0.3) is 0 Å². The summed E-state index contributed by atoms with van der Waals surface area (Å²) >= 11 is 0. The fourth-order valence-corrected chi connectivity index (χ4v) is 1.87. The second-order valence-electron chi connectivity index (χ2n) is 5.72. The number of hydrogen-bond acceptors (Lipinski definition) is 3. The minimum Gasteiger partial charge on any atom is -0.444 e. The number of carbonyl (C=O) groups is 1. The monoisotopic (exact) mass is 266 g/mol. The van der Waals surface area contributed by atoms with Crippen LogP contribution in [0.2, 0.25) is 0 Å². The quantitative estimate of drug-likeness (QED) is 0.865. The summed E-state index contributed by atoms with van der Waals surface area (Å²) in [7, 11) is 0. The molecule has 1 heterocycles. The predicted molar refractivity (Wildman–Crippen MR) is 71.9 cm³/mol. The van der Waals surface area contributed by atoms with Crippen LogP contribution in [0.1, 0.15) is 32.3 Å². The van der Waals surface area contributed by atoms with E-state index in [1.165, 1.54) is 6.07 Å². The number of ether oxygens (including phenoxy) is 1. The van der Waals surface area contributed by atoms with E-state index in [1.54, 1.807) is 32.9 Å². The highest BCUT2D eigenvalue weighted by Crippen LogP contribution is 2.25. The summed E-state index contributed by atoms with van der Waals surface area (Å²) in [6, 6.07) is 4.74. The summed E-state index contributed by atoms with van der Waals surface area (Å²) in [6.45, 7) is 6.94. The number of rotatable bonds is 2. The molecule has 1 fully saturated rings. The first-order valence-corrected chi connectivity index (χ1v) is 6.35. The van der Waals surface area contributed by atoms with Crippen LogP contribution in [0.5, 0.6) is 0 Å². The van der Waals surface area contributed by atoms with Crippen LogP contribution in [0.4, 0.5) is 14.9 Å². The van der Waals surface area contributed by atoms with Crippen molar-refractivity contribution in [3.8, 4) is 0 Å². The van der Waals surface area contributed by atoms with Crippen LogP contribution in [0, 0.1) is 5.82 Å². The topological polar surface area (TPSA) is 50.4 Å². The van der Waals surface area contributed by atoms with Gasteiger partial charge in [0, 0.05) is 24.7 Å². The standard InChI is InChI=1S/C14H19FN2O2/c1-14(2,3)19-13(18)17-10-4-5-11(12(15)6-10)9-7-16-8-9/h4-6,9,16H,7-8H2,1-3H3,(H,17,18). The third-order valence-corrected chi connectivity index (χ3v) is 2.87. The van der Waals surface area contributed by atoms with Gasteiger partial charge in [-0.1, -0.05) is 6.07 Å². The Morgan fingerprint density at radius 1 is 1.42 bits per heavy atom. The van der Waals surface area contributed by atoms with Crippen LogP contribution < -0.4 is 10.6 Å². The zero-order chi connectivity index (χ0) is 14.0. The molecule has 0 atom stereocenters. The van der Waals surface area contributed by atoms with Crippen molar-refractivity contribution in [2.75, 3.05) is 18.4 Å². The van der Waals surface area contributed by atoms with E-state index in [0.29, 0.717) is 11.3 Å². The molecule has 4 nitrogen and oxygen atoms in total. The first kappa shape index (κ1) is 13.8. The lowest BCUT2D eigenvalue weighted by Gasteiger charge is -2.28. The van der Waals surface area contributed by atoms with Gasteiger partial charge in [0.05, 0.1) is 0 Å². The maximum absolute atomic E-state index is 13.9. The molecule has 0 spiro atoms. The minimum absolute atomic E-state index is 0.232. The molecule has 1 aliphatic heterocycles. The van der Waals surface area contributed by atoms with Gasteiger partial charge in [0.2, 0.25) is 0 Å². The lowest BCUT2D eigenvalue weighted by Crippen LogP contribution is -2.40. The Morgan fingerprint density at radius 3 is 2.58 bits per heavy atom. The van der Waals surface area contributed by atoms with Gasteiger partial charge >= 0.3 is 6.09 Å². The van der Waals surface area contributed by atoms with E-state index < -0.39 is 11.7 Å². The molecule has 0 saturated carbocycles. The highest BCUT2D eigenvalue weighted by atomic mass is 19.1. The van der Waals surface area contributed by atoms with Crippen molar-refractivity contribution in [3.05, 3.63) is 29.6 Å². The Morgan fingerprint density at radius 2 is 2.11 bits per heavy atom. The fraction of sp³-hybridized carbons (Fsp3) is 0.500. The van der Waals surface area contributed by atoms with Gasteiger partial charge in [-0.25, -0.2) is 9.18 Å². The van der Waals surface area contributed by atoms with Crippen molar-refractivity contribution in [1.29, 1.82) is 0 Å². The third-order valence-electron chi connectivity index (χ3n) is 2.87. The Kier molecular flexibility index (Phi) is 3.75. The summed E-state index contributed by atoms with van der Waals surface area (Å²) < 4.78 is 19.0. The molecular weight excluding hydrogens is 247 g/mol. The van der Waals surface area contributed by atoms with Crippen LogP contribution in [0.3, 0.4) is 0 Å². The molecule has 0 aromatic heterocycles. The Bertz CT molecular complexity index is 479. The smallest absolute Gasteiger partial charge is 0.412 e. The lowest BCUT2D eigenvalue weighted by molar-refractivity contribution is 0.0636. The van der Waals surface area contributed by atoms with Crippen molar-refractivity contribution >= 4 is 11.8 Å². The van der Waals surface area contributed by atoms with E-state index in [0.717, 1.165) is 13.1 Å². The molecular formula is C14H19FN2O2. The van der Waals surface area contributed by atoms with E-state index in [9.17, 15) is 9.18 Å². The van der Waals surface area contributed by atoms with Crippen molar-refractivity contribution in [1.82, 2.24) is 5.32 Å². The summed E-state index contributed by atoms with van der Waals surface area (Å²) in [5.74, 6) is -0.0596.